The van der Waals surface area contributed by atoms with Crippen molar-refractivity contribution in [3.05, 3.63) is 0 Å². The zero-order valence-electron chi connectivity index (χ0n) is 10.1. The van der Waals surface area contributed by atoms with E-state index in [1.165, 1.54) is 0 Å². The highest BCUT2D eigenvalue weighted by Crippen LogP contribution is 2.08. The summed E-state index contributed by atoms with van der Waals surface area (Å²) in [4.78, 5) is 2.23. The third-order valence-electron chi connectivity index (χ3n) is 2.36. The summed E-state index contributed by atoms with van der Waals surface area (Å²) in [6, 6.07) is 0.859. The van der Waals surface area contributed by atoms with Crippen LogP contribution < -0.4 is 0 Å². The third-order valence-corrected chi connectivity index (χ3v) is 2.36. The van der Waals surface area contributed by atoms with Crippen LogP contribution in [0, 0.1) is 0 Å². The number of rotatable bonds is 6. The topological polar surface area (TPSA) is 43.7 Å². The Kier molecular flexibility index (Phi) is 6.33. The lowest BCUT2D eigenvalue weighted by Crippen LogP contribution is -2.42. The average Bonchev–Trinajstić information content (AvgIpc) is 1.97. The molecule has 14 heavy (non-hydrogen) atoms. The van der Waals surface area contributed by atoms with E-state index in [9.17, 15) is 5.11 Å². The van der Waals surface area contributed by atoms with E-state index < -0.39 is 12.2 Å². The molecule has 3 heteroatoms. The van der Waals surface area contributed by atoms with E-state index in [0.717, 1.165) is 0 Å². The second kappa shape index (κ2) is 6.38. The van der Waals surface area contributed by atoms with E-state index in [-0.39, 0.29) is 0 Å². The SMILES string of the molecule is CC(O)CC(O)CN(C(C)C)C(C)C. The molecule has 0 aliphatic heterocycles. The highest BCUT2D eigenvalue weighted by atomic mass is 16.3. The summed E-state index contributed by atoms with van der Waals surface area (Å²) in [5.41, 5.74) is 0. The van der Waals surface area contributed by atoms with E-state index >= 15 is 0 Å². The Bertz CT molecular complexity index is 138. The monoisotopic (exact) mass is 203 g/mol. The van der Waals surface area contributed by atoms with Crippen molar-refractivity contribution in [1.29, 1.82) is 0 Å². The predicted molar refractivity (Wildman–Crippen MR) is 59.3 cm³/mol. The fraction of sp³-hybridized carbons (Fsp3) is 1.00. The zero-order chi connectivity index (χ0) is 11.3. The van der Waals surface area contributed by atoms with Crippen LogP contribution in [0.15, 0.2) is 0 Å². The highest BCUT2D eigenvalue weighted by Gasteiger charge is 2.18. The fourth-order valence-corrected chi connectivity index (χ4v) is 1.73. The molecular weight excluding hydrogens is 178 g/mol. The first-order valence-corrected chi connectivity index (χ1v) is 5.46. The molecule has 2 atom stereocenters. The maximum absolute atomic E-state index is 9.69. The Morgan fingerprint density at radius 1 is 0.929 bits per heavy atom. The molecule has 0 aliphatic rings. The van der Waals surface area contributed by atoms with Gasteiger partial charge in [0.2, 0.25) is 0 Å². The van der Waals surface area contributed by atoms with Crippen LogP contribution >= 0.6 is 0 Å². The maximum atomic E-state index is 9.69. The third kappa shape index (κ3) is 5.58. The van der Waals surface area contributed by atoms with E-state index in [1.54, 1.807) is 6.92 Å². The molecule has 0 bridgehead atoms. The van der Waals surface area contributed by atoms with E-state index in [1.807, 2.05) is 0 Å². The smallest absolute Gasteiger partial charge is 0.0691 e. The lowest BCUT2D eigenvalue weighted by atomic mass is 10.1. The van der Waals surface area contributed by atoms with Crippen molar-refractivity contribution < 1.29 is 10.2 Å². The minimum atomic E-state index is -0.431. The van der Waals surface area contributed by atoms with E-state index in [4.69, 9.17) is 5.11 Å². The summed E-state index contributed by atoms with van der Waals surface area (Å²) in [5.74, 6) is 0. The van der Waals surface area contributed by atoms with Gasteiger partial charge in [0.25, 0.3) is 0 Å². The largest absolute Gasteiger partial charge is 0.393 e. The number of hydrogen-bond donors (Lipinski definition) is 2. The molecule has 0 amide bonds. The van der Waals surface area contributed by atoms with Crippen molar-refractivity contribution in [2.75, 3.05) is 6.54 Å². The molecule has 3 nitrogen and oxygen atoms in total. The Labute approximate surface area is 87.7 Å². The molecule has 2 unspecified atom stereocenters. The van der Waals surface area contributed by atoms with Gasteiger partial charge in [-0.05, 0) is 34.6 Å². The van der Waals surface area contributed by atoms with Crippen LogP contribution in [0.25, 0.3) is 0 Å². The lowest BCUT2D eigenvalue weighted by molar-refractivity contribution is 0.0405. The second-order valence-electron chi connectivity index (χ2n) is 4.62. The van der Waals surface area contributed by atoms with Gasteiger partial charge < -0.3 is 10.2 Å². The fourth-order valence-electron chi connectivity index (χ4n) is 1.73. The summed E-state index contributed by atoms with van der Waals surface area (Å²) in [5, 5.41) is 18.8. The van der Waals surface area contributed by atoms with Crippen LogP contribution in [0.1, 0.15) is 41.0 Å². The van der Waals surface area contributed by atoms with Gasteiger partial charge >= 0.3 is 0 Å². The van der Waals surface area contributed by atoms with Crippen molar-refractivity contribution >= 4 is 0 Å². The molecule has 0 aromatic rings. The first-order valence-electron chi connectivity index (χ1n) is 5.46. The number of hydrogen-bond acceptors (Lipinski definition) is 3. The summed E-state index contributed by atoms with van der Waals surface area (Å²) >= 11 is 0. The number of nitrogens with zero attached hydrogens (tertiary/aromatic N) is 1. The molecule has 2 N–H and O–H groups in total. The zero-order valence-corrected chi connectivity index (χ0v) is 10.1. The van der Waals surface area contributed by atoms with Crippen LogP contribution in [0.3, 0.4) is 0 Å². The molecule has 0 saturated heterocycles. The number of aliphatic hydroxyl groups excluding tert-OH is 2. The highest BCUT2D eigenvalue weighted by molar-refractivity contribution is 4.72. The van der Waals surface area contributed by atoms with Crippen molar-refractivity contribution in [1.82, 2.24) is 4.90 Å². The van der Waals surface area contributed by atoms with Crippen LogP contribution in [-0.2, 0) is 0 Å². The van der Waals surface area contributed by atoms with E-state index in [2.05, 4.69) is 32.6 Å². The Hall–Kier alpha value is -0.120. The van der Waals surface area contributed by atoms with Crippen molar-refractivity contribution in [3.8, 4) is 0 Å². The van der Waals surface area contributed by atoms with Crippen LogP contribution in [0.5, 0.6) is 0 Å². The molecule has 0 aromatic heterocycles. The minimum Gasteiger partial charge on any atom is -0.393 e. The summed E-state index contributed by atoms with van der Waals surface area (Å²) in [7, 11) is 0. The normalized spacial score (nSPS) is 16.7. The second-order valence-corrected chi connectivity index (χ2v) is 4.62. The number of aliphatic hydroxyl groups is 2. The maximum Gasteiger partial charge on any atom is 0.0691 e. The summed E-state index contributed by atoms with van der Waals surface area (Å²) in [6.07, 6.45) is -0.401. The quantitative estimate of drug-likeness (QED) is 0.682. The van der Waals surface area contributed by atoms with Gasteiger partial charge in [0.1, 0.15) is 0 Å². The molecule has 0 saturated carbocycles. The summed E-state index contributed by atoms with van der Waals surface area (Å²) < 4.78 is 0. The molecule has 0 spiro atoms. The van der Waals surface area contributed by atoms with Gasteiger partial charge in [-0.15, -0.1) is 0 Å². The van der Waals surface area contributed by atoms with Crippen molar-refractivity contribution in [2.45, 2.75) is 65.3 Å². The van der Waals surface area contributed by atoms with Gasteiger partial charge in [-0.25, -0.2) is 0 Å². The first-order chi connectivity index (χ1) is 6.34. The van der Waals surface area contributed by atoms with Gasteiger partial charge in [0.05, 0.1) is 12.2 Å². The molecule has 0 heterocycles. The molecule has 0 radical (unpaired) electrons. The molecule has 0 fully saturated rings. The van der Waals surface area contributed by atoms with E-state index in [0.29, 0.717) is 25.0 Å². The molecule has 86 valence electrons. The van der Waals surface area contributed by atoms with Crippen LogP contribution in [-0.4, -0.2) is 45.9 Å². The Morgan fingerprint density at radius 2 is 1.36 bits per heavy atom. The van der Waals surface area contributed by atoms with Gasteiger partial charge in [0, 0.05) is 25.0 Å². The predicted octanol–water partition coefficient (Wildman–Crippen LogP) is 1.24. The molecule has 0 rings (SSSR count). The molecular formula is C11H25NO2. The van der Waals surface area contributed by atoms with Gasteiger partial charge in [0.15, 0.2) is 0 Å². The van der Waals surface area contributed by atoms with Gasteiger partial charge in [-0.3, -0.25) is 4.90 Å². The van der Waals surface area contributed by atoms with Gasteiger partial charge in [-0.2, -0.15) is 0 Å². The lowest BCUT2D eigenvalue weighted by Gasteiger charge is -2.32. The molecule has 0 aromatic carbocycles. The standard InChI is InChI=1S/C11H25NO2/c1-8(2)12(9(3)4)7-11(14)6-10(5)13/h8-11,13-14H,6-7H2,1-5H3. The van der Waals surface area contributed by atoms with Crippen molar-refractivity contribution in [3.63, 3.8) is 0 Å². The van der Waals surface area contributed by atoms with Crippen molar-refractivity contribution in [2.24, 2.45) is 0 Å². The van der Waals surface area contributed by atoms with Gasteiger partial charge in [-0.1, -0.05) is 0 Å². The van der Waals surface area contributed by atoms with Crippen LogP contribution in [0.4, 0.5) is 0 Å². The Balaban J connectivity index is 4.03. The molecule has 0 aliphatic carbocycles. The first kappa shape index (κ1) is 13.9. The minimum absolute atomic E-state index is 0.425. The van der Waals surface area contributed by atoms with Crippen LogP contribution in [0.2, 0.25) is 0 Å². The Morgan fingerprint density at radius 3 is 1.64 bits per heavy atom. The summed E-state index contributed by atoms with van der Waals surface area (Å²) in [6.45, 7) is 10.8. The average molecular weight is 203 g/mol.